The van der Waals surface area contributed by atoms with Crippen molar-refractivity contribution in [1.29, 1.82) is 0 Å². The lowest BCUT2D eigenvalue weighted by Crippen LogP contribution is -2.54. The summed E-state index contributed by atoms with van der Waals surface area (Å²) in [5.74, 6) is 0.533. The van der Waals surface area contributed by atoms with Gasteiger partial charge in [0.05, 0.1) is 6.04 Å². The van der Waals surface area contributed by atoms with E-state index in [9.17, 15) is 4.79 Å². The van der Waals surface area contributed by atoms with Crippen LogP contribution in [0.2, 0.25) is 0 Å². The predicted octanol–water partition coefficient (Wildman–Crippen LogP) is 3.85. The van der Waals surface area contributed by atoms with Gasteiger partial charge in [-0.2, -0.15) is 0 Å². The third kappa shape index (κ3) is 4.45. The Labute approximate surface area is 177 Å². The number of nitrogens with zero attached hydrogens (tertiary/aromatic N) is 3. The summed E-state index contributed by atoms with van der Waals surface area (Å²) >= 11 is 0. The third-order valence-corrected chi connectivity index (χ3v) is 5.50. The van der Waals surface area contributed by atoms with E-state index in [0.717, 1.165) is 26.2 Å². The van der Waals surface area contributed by atoms with E-state index in [1.165, 1.54) is 17.5 Å². The Morgan fingerprint density at radius 2 is 1.50 bits per heavy atom. The molecular formula is C24H28N4O2. The van der Waals surface area contributed by atoms with Crippen LogP contribution < -0.4 is 5.43 Å². The Balaban J connectivity index is 1.43. The quantitative estimate of drug-likeness (QED) is 0.676. The van der Waals surface area contributed by atoms with Crippen LogP contribution in [0, 0.1) is 0 Å². The number of hydrazine groups is 1. The zero-order valence-corrected chi connectivity index (χ0v) is 17.5. The first kappa shape index (κ1) is 20.3. The van der Waals surface area contributed by atoms with E-state index in [0.29, 0.717) is 11.5 Å². The molecule has 2 aromatic carbocycles. The summed E-state index contributed by atoms with van der Waals surface area (Å²) in [7, 11) is 0. The first-order valence-corrected chi connectivity index (χ1v) is 10.5. The minimum absolute atomic E-state index is 0.114. The van der Waals surface area contributed by atoms with Crippen LogP contribution in [0.3, 0.4) is 0 Å². The Hall–Kier alpha value is -2.96. The van der Waals surface area contributed by atoms with Gasteiger partial charge in [-0.15, -0.1) is 0 Å². The van der Waals surface area contributed by atoms with Crippen molar-refractivity contribution in [2.45, 2.75) is 25.8 Å². The number of nitrogens with one attached hydrogen (secondary N) is 1. The second-order valence-electron chi connectivity index (χ2n) is 7.91. The molecule has 3 aromatic rings. The van der Waals surface area contributed by atoms with E-state index >= 15 is 0 Å². The van der Waals surface area contributed by atoms with Gasteiger partial charge in [0.2, 0.25) is 0 Å². The fraction of sp³-hybridized carbons (Fsp3) is 0.333. The first-order chi connectivity index (χ1) is 14.6. The van der Waals surface area contributed by atoms with Crippen molar-refractivity contribution in [1.82, 2.24) is 20.3 Å². The van der Waals surface area contributed by atoms with Gasteiger partial charge in [-0.25, -0.2) is 9.99 Å². The molecule has 30 heavy (non-hydrogen) atoms. The number of amides is 1. The molecule has 0 radical (unpaired) electrons. The molecule has 4 rings (SSSR count). The number of carbonyl (C=O) groups excluding carboxylic acids is 1. The Morgan fingerprint density at radius 3 is 2.03 bits per heavy atom. The Morgan fingerprint density at radius 1 is 0.933 bits per heavy atom. The van der Waals surface area contributed by atoms with Crippen LogP contribution >= 0.6 is 0 Å². The van der Waals surface area contributed by atoms with Gasteiger partial charge in [0, 0.05) is 32.1 Å². The zero-order valence-electron chi connectivity index (χ0n) is 17.5. The van der Waals surface area contributed by atoms with Crippen LogP contribution in [-0.2, 0) is 0 Å². The molecule has 1 aliphatic rings. The first-order valence-electron chi connectivity index (χ1n) is 10.5. The van der Waals surface area contributed by atoms with Gasteiger partial charge in [-0.3, -0.25) is 15.1 Å². The summed E-state index contributed by atoms with van der Waals surface area (Å²) < 4.78 is 5.38. The molecule has 6 nitrogen and oxygen atoms in total. The minimum Gasteiger partial charge on any atom is -0.447 e. The fourth-order valence-electron chi connectivity index (χ4n) is 4.01. The van der Waals surface area contributed by atoms with E-state index in [1.807, 2.05) is 31.0 Å². The summed E-state index contributed by atoms with van der Waals surface area (Å²) in [6.45, 7) is 7.18. The standard InChI is InChI=1S/C24H28N4O2/c1-18(2)23-21(25-17-30-23)24(29)26-28-15-13-27(14-16-28)22(19-9-5-3-6-10-19)20-11-7-4-8-12-20/h3-12,17-18,22H,13-16H2,1-2H3,(H,26,29). The summed E-state index contributed by atoms with van der Waals surface area (Å²) in [6.07, 6.45) is 1.34. The van der Waals surface area contributed by atoms with Gasteiger partial charge < -0.3 is 4.42 Å². The molecule has 0 saturated carbocycles. The van der Waals surface area contributed by atoms with E-state index in [2.05, 4.69) is 63.8 Å². The number of hydrogen-bond acceptors (Lipinski definition) is 5. The molecule has 1 N–H and O–H groups in total. The molecule has 0 bridgehead atoms. The number of piperazine rings is 1. The molecule has 1 saturated heterocycles. The Kier molecular flexibility index (Phi) is 6.26. The second-order valence-corrected chi connectivity index (χ2v) is 7.91. The maximum absolute atomic E-state index is 12.7. The normalized spacial score (nSPS) is 15.6. The van der Waals surface area contributed by atoms with Crippen LogP contribution in [0.5, 0.6) is 0 Å². The molecule has 1 fully saturated rings. The zero-order chi connectivity index (χ0) is 20.9. The smallest absolute Gasteiger partial charge is 0.287 e. The largest absolute Gasteiger partial charge is 0.447 e. The molecule has 2 heterocycles. The highest BCUT2D eigenvalue weighted by Gasteiger charge is 2.28. The molecule has 156 valence electrons. The summed E-state index contributed by atoms with van der Waals surface area (Å²) in [5, 5.41) is 1.98. The van der Waals surface area contributed by atoms with Gasteiger partial charge >= 0.3 is 0 Å². The van der Waals surface area contributed by atoms with Gasteiger partial charge in [0.1, 0.15) is 5.76 Å². The highest BCUT2D eigenvalue weighted by Crippen LogP contribution is 2.29. The monoisotopic (exact) mass is 404 g/mol. The van der Waals surface area contributed by atoms with Crippen LogP contribution in [0.4, 0.5) is 0 Å². The summed E-state index contributed by atoms with van der Waals surface area (Å²) in [4.78, 5) is 19.3. The highest BCUT2D eigenvalue weighted by atomic mass is 16.3. The average Bonchev–Trinajstić information content (AvgIpc) is 3.27. The van der Waals surface area contributed by atoms with E-state index < -0.39 is 0 Å². The molecule has 1 aliphatic heterocycles. The van der Waals surface area contributed by atoms with E-state index in [4.69, 9.17) is 4.42 Å². The number of aromatic nitrogens is 1. The van der Waals surface area contributed by atoms with Gasteiger partial charge in [0.25, 0.3) is 5.91 Å². The molecule has 0 unspecified atom stereocenters. The number of oxazole rings is 1. The highest BCUT2D eigenvalue weighted by molar-refractivity contribution is 5.92. The summed E-state index contributed by atoms with van der Waals surface area (Å²) in [6, 6.07) is 21.4. The van der Waals surface area contributed by atoms with Crippen molar-refractivity contribution in [3.8, 4) is 0 Å². The van der Waals surface area contributed by atoms with E-state index in [-0.39, 0.29) is 17.9 Å². The minimum atomic E-state index is -0.205. The van der Waals surface area contributed by atoms with Crippen molar-refractivity contribution in [2.24, 2.45) is 0 Å². The lowest BCUT2D eigenvalue weighted by atomic mass is 9.96. The maximum atomic E-state index is 12.7. The molecule has 6 heteroatoms. The van der Waals surface area contributed by atoms with Crippen molar-refractivity contribution >= 4 is 5.91 Å². The van der Waals surface area contributed by atoms with Crippen molar-refractivity contribution in [2.75, 3.05) is 26.2 Å². The number of benzene rings is 2. The lowest BCUT2D eigenvalue weighted by molar-refractivity contribution is 0.0548. The molecular weight excluding hydrogens is 376 g/mol. The van der Waals surface area contributed by atoms with Crippen LogP contribution in [0.25, 0.3) is 0 Å². The lowest BCUT2D eigenvalue weighted by Gasteiger charge is -2.39. The van der Waals surface area contributed by atoms with Gasteiger partial charge in [0.15, 0.2) is 12.1 Å². The van der Waals surface area contributed by atoms with Crippen molar-refractivity contribution in [3.05, 3.63) is 89.6 Å². The number of carbonyl (C=O) groups is 1. The van der Waals surface area contributed by atoms with Crippen LogP contribution in [0.15, 0.2) is 71.5 Å². The van der Waals surface area contributed by atoms with Gasteiger partial charge in [-0.05, 0) is 11.1 Å². The Bertz CT molecular complexity index is 908. The third-order valence-electron chi connectivity index (χ3n) is 5.50. The van der Waals surface area contributed by atoms with E-state index in [1.54, 1.807) is 0 Å². The topological polar surface area (TPSA) is 61.6 Å². The molecule has 0 spiro atoms. The molecule has 0 aliphatic carbocycles. The van der Waals surface area contributed by atoms with Crippen LogP contribution in [0.1, 0.15) is 53.2 Å². The molecule has 1 aromatic heterocycles. The van der Waals surface area contributed by atoms with Crippen molar-refractivity contribution < 1.29 is 9.21 Å². The van der Waals surface area contributed by atoms with Crippen LogP contribution in [-0.4, -0.2) is 47.0 Å². The van der Waals surface area contributed by atoms with Crippen molar-refractivity contribution in [3.63, 3.8) is 0 Å². The predicted molar refractivity (Wildman–Crippen MR) is 116 cm³/mol. The summed E-state index contributed by atoms with van der Waals surface area (Å²) in [5.41, 5.74) is 5.94. The second kappa shape index (κ2) is 9.24. The van der Waals surface area contributed by atoms with Gasteiger partial charge in [-0.1, -0.05) is 74.5 Å². The number of hydrogen-bond donors (Lipinski definition) is 1. The maximum Gasteiger partial charge on any atom is 0.287 e. The molecule has 1 amide bonds. The fourth-order valence-corrected chi connectivity index (χ4v) is 4.01. The average molecular weight is 405 g/mol. The SMILES string of the molecule is CC(C)c1ocnc1C(=O)NN1CCN(C(c2ccccc2)c2ccccc2)CC1. The molecule has 0 atom stereocenters. The number of rotatable bonds is 6.